The molecular weight excluding hydrogens is 412 g/mol. The molecule has 0 saturated carbocycles. The molecule has 6 nitrogen and oxygen atoms in total. The van der Waals surface area contributed by atoms with E-state index in [1.165, 1.54) is 13.2 Å². The lowest BCUT2D eigenvalue weighted by atomic mass is 10.2. The predicted octanol–water partition coefficient (Wildman–Crippen LogP) is 3.32. The minimum absolute atomic E-state index is 0.000258. The van der Waals surface area contributed by atoms with Crippen molar-refractivity contribution in [3.63, 3.8) is 0 Å². The molecule has 154 valence electrons. The molecule has 0 aliphatic carbocycles. The molecule has 2 aromatic rings. The molecule has 0 unspecified atom stereocenters. The monoisotopic (exact) mass is 427 g/mol. The van der Waals surface area contributed by atoms with Crippen molar-refractivity contribution in [1.29, 1.82) is 0 Å². The van der Waals surface area contributed by atoms with E-state index in [0.717, 1.165) is 28.8 Å². The average Bonchev–Trinajstić information content (AvgIpc) is 3.10. The Morgan fingerprint density at radius 3 is 2.54 bits per heavy atom. The summed E-state index contributed by atoms with van der Waals surface area (Å²) in [6.07, 6.45) is -7.91. The Hall–Kier alpha value is -2.57. The molecule has 0 spiro atoms. The van der Waals surface area contributed by atoms with Gasteiger partial charge in [0.15, 0.2) is 11.7 Å². The maximum atomic E-state index is 12.8. The number of nitrogens with one attached hydrogen (secondary N) is 2. The first-order valence-corrected chi connectivity index (χ1v) is 8.60. The number of ether oxygens (including phenoxy) is 1. The summed E-state index contributed by atoms with van der Waals surface area (Å²) in [6, 6.07) is 2.02. The average molecular weight is 427 g/mol. The zero-order valence-electron chi connectivity index (χ0n) is 14.4. The molecule has 0 bridgehead atoms. The van der Waals surface area contributed by atoms with Crippen LogP contribution in [0.1, 0.15) is 16.3 Å². The summed E-state index contributed by atoms with van der Waals surface area (Å²) in [5.41, 5.74) is -1.96. The van der Waals surface area contributed by atoms with Gasteiger partial charge in [-0.05, 0) is 12.1 Å². The maximum absolute atomic E-state index is 12.8. The molecule has 0 aromatic carbocycles. The number of hydrogen-bond acceptors (Lipinski definition) is 5. The van der Waals surface area contributed by atoms with Crippen LogP contribution in [-0.2, 0) is 18.9 Å². The zero-order chi connectivity index (χ0) is 20.8. The summed E-state index contributed by atoms with van der Waals surface area (Å²) < 4.78 is 81.1. The van der Waals surface area contributed by atoms with Crippen molar-refractivity contribution < 1.29 is 31.1 Å². The first-order chi connectivity index (χ1) is 13.1. The number of pyridine rings is 1. The molecule has 2 heterocycles. The van der Waals surface area contributed by atoms with Gasteiger partial charge < -0.3 is 15.4 Å². The standard InChI is InChI=1S/C15H15F6N5OS/c1-22-13(25-7-11-26-10(8-28-11)15(19,20)21)24-5-6-27-12-9(14(16,17)18)3-2-4-23-12/h2-4,8H,5-7H2,1H3,(H2,22,24,25). The normalized spacial score (nSPS) is 12.8. The van der Waals surface area contributed by atoms with E-state index < -0.39 is 29.5 Å². The summed E-state index contributed by atoms with van der Waals surface area (Å²) in [5, 5.41) is 6.63. The van der Waals surface area contributed by atoms with Gasteiger partial charge in [0.2, 0.25) is 5.88 Å². The second kappa shape index (κ2) is 9.08. The highest BCUT2D eigenvalue weighted by Gasteiger charge is 2.35. The number of guanidine groups is 1. The number of rotatable bonds is 6. The SMILES string of the molecule is CN=C(NCCOc1ncccc1C(F)(F)F)NCc1nc(C(F)(F)F)cs1. The fraction of sp³-hybridized carbons (Fsp3) is 0.400. The van der Waals surface area contributed by atoms with Crippen LogP contribution in [-0.4, -0.2) is 36.1 Å². The van der Waals surface area contributed by atoms with Gasteiger partial charge in [-0.2, -0.15) is 26.3 Å². The van der Waals surface area contributed by atoms with Crippen molar-refractivity contribution in [3.05, 3.63) is 40.0 Å². The highest BCUT2D eigenvalue weighted by atomic mass is 32.1. The summed E-state index contributed by atoms with van der Waals surface area (Å²) in [7, 11) is 1.43. The number of aliphatic imine (C=N–C) groups is 1. The molecule has 2 aromatic heterocycles. The molecule has 0 fully saturated rings. The first-order valence-electron chi connectivity index (χ1n) is 7.72. The van der Waals surface area contributed by atoms with Gasteiger partial charge in [0.25, 0.3) is 0 Å². The van der Waals surface area contributed by atoms with Crippen LogP contribution in [0.4, 0.5) is 26.3 Å². The maximum Gasteiger partial charge on any atom is 0.434 e. The second-order valence-corrected chi connectivity index (χ2v) is 6.12. The number of hydrogen-bond donors (Lipinski definition) is 2. The number of nitrogens with zero attached hydrogens (tertiary/aromatic N) is 3. The van der Waals surface area contributed by atoms with E-state index in [9.17, 15) is 26.3 Å². The van der Waals surface area contributed by atoms with Crippen LogP contribution in [0.3, 0.4) is 0 Å². The number of alkyl halides is 6. The van der Waals surface area contributed by atoms with Crippen molar-refractivity contribution in [1.82, 2.24) is 20.6 Å². The van der Waals surface area contributed by atoms with Crippen molar-refractivity contribution >= 4 is 17.3 Å². The lowest BCUT2D eigenvalue weighted by molar-refractivity contribution is -0.141. The van der Waals surface area contributed by atoms with Crippen LogP contribution < -0.4 is 15.4 Å². The van der Waals surface area contributed by atoms with Crippen molar-refractivity contribution in [2.75, 3.05) is 20.2 Å². The van der Waals surface area contributed by atoms with E-state index in [2.05, 4.69) is 25.6 Å². The third-order valence-electron chi connectivity index (χ3n) is 3.18. The van der Waals surface area contributed by atoms with E-state index in [-0.39, 0.29) is 30.7 Å². The quantitative estimate of drug-likeness (QED) is 0.320. The van der Waals surface area contributed by atoms with Crippen LogP contribution in [0.5, 0.6) is 5.88 Å². The minimum atomic E-state index is -4.59. The molecule has 0 aliphatic heterocycles. The molecule has 0 saturated heterocycles. The lowest BCUT2D eigenvalue weighted by Gasteiger charge is -2.14. The molecular formula is C15H15F6N5OS. The van der Waals surface area contributed by atoms with Gasteiger partial charge in [-0.3, -0.25) is 4.99 Å². The van der Waals surface area contributed by atoms with E-state index >= 15 is 0 Å². The number of aromatic nitrogens is 2. The van der Waals surface area contributed by atoms with Crippen LogP contribution in [0, 0.1) is 0 Å². The molecule has 2 N–H and O–H groups in total. The van der Waals surface area contributed by atoms with Gasteiger partial charge in [-0.25, -0.2) is 9.97 Å². The highest BCUT2D eigenvalue weighted by Crippen LogP contribution is 2.34. The van der Waals surface area contributed by atoms with Crippen molar-refractivity contribution in [2.45, 2.75) is 18.9 Å². The smallest absolute Gasteiger partial charge is 0.434 e. The Morgan fingerprint density at radius 1 is 1.18 bits per heavy atom. The highest BCUT2D eigenvalue weighted by molar-refractivity contribution is 7.09. The van der Waals surface area contributed by atoms with Gasteiger partial charge in [-0.1, -0.05) is 0 Å². The fourth-order valence-electron chi connectivity index (χ4n) is 1.94. The minimum Gasteiger partial charge on any atom is -0.475 e. The molecule has 2 rings (SSSR count). The first kappa shape index (κ1) is 21.7. The Balaban J connectivity index is 1.80. The molecule has 0 radical (unpaired) electrons. The predicted molar refractivity (Wildman–Crippen MR) is 90.1 cm³/mol. The Labute approximate surface area is 159 Å². The van der Waals surface area contributed by atoms with Crippen molar-refractivity contribution in [2.24, 2.45) is 4.99 Å². The van der Waals surface area contributed by atoms with Gasteiger partial charge >= 0.3 is 12.4 Å². The van der Waals surface area contributed by atoms with Crippen molar-refractivity contribution in [3.8, 4) is 5.88 Å². The van der Waals surface area contributed by atoms with Gasteiger partial charge in [0.05, 0.1) is 13.1 Å². The third-order valence-corrected chi connectivity index (χ3v) is 4.03. The number of halogens is 6. The Bertz CT molecular complexity index is 805. The molecule has 28 heavy (non-hydrogen) atoms. The summed E-state index contributed by atoms with van der Waals surface area (Å²) in [5.74, 6) is -0.313. The Morgan fingerprint density at radius 2 is 1.93 bits per heavy atom. The largest absolute Gasteiger partial charge is 0.475 e. The summed E-state index contributed by atoms with van der Waals surface area (Å²) in [6.45, 7) is -0.0603. The lowest BCUT2D eigenvalue weighted by Crippen LogP contribution is -2.39. The zero-order valence-corrected chi connectivity index (χ0v) is 15.2. The van der Waals surface area contributed by atoms with Crippen LogP contribution in [0.25, 0.3) is 0 Å². The van der Waals surface area contributed by atoms with Gasteiger partial charge in [0, 0.05) is 18.6 Å². The molecule has 0 aliphatic rings. The van der Waals surface area contributed by atoms with E-state index in [1.807, 2.05) is 0 Å². The van der Waals surface area contributed by atoms with E-state index in [1.54, 1.807) is 0 Å². The Kier molecular flexibility index (Phi) is 7.05. The molecule has 0 atom stereocenters. The van der Waals surface area contributed by atoms with Gasteiger partial charge in [0.1, 0.15) is 17.2 Å². The topological polar surface area (TPSA) is 71.4 Å². The van der Waals surface area contributed by atoms with E-state index in [4.69, 9.17) is 4.74 Å². The second-order valence-electron chi connectivity index (χ2n) is 5.18. The van der Waals surface area contributed by atoms with Crippen LogP contribution in [0.15, 0.2) is 28.7 Å². The van der Waals surface area contributed by atoms with Crippen LogP contribution >= 0.6 is 11.3 Å². The van der Waals surface area contributed by atoms with Gasteiger partial charge in [-0.15, -0.1) is 11.3 Å². The summed E-state index contributed by atoms with van der Waals surface area (Å²) in [4.78, 5) is 10.9. The fourth-order valence-corrected chi connectivity index (χ4v) is 2.68. The van der Waals surface area contributed by atoms with Crippen LogP contribution in [0.2, 0.25) is 0 Å². The van der Waals surface area contributed by atoms with E-state index in [0.29, 0.717) is 0 Å². The number of thiazole rings is 1. The molecule has 13 heteroatoms. The third kappa shape index (κ3) is 6.25. The summed E-state index contributed by atoms with van der Waals surface area (Å²) >= 11 is 0.843. The molecule has 0 amide bonds.